The number of thioether (sulfide) groups is 1. The first-order chi connectivity index (χ1) is 10.7. The van der Waals surface area contributed by atoms with Crippen molar-refractivity contribution in [2.45, 2.75) is 20.3 Å². The van der Waals surface area contributed by atoms with E-state index in [4.69, 9.17) is 12.2 Å². The maximum atomic E-state index is 5.08. The zero-order valence-corrected chi connectivity index (χ0v) is 14.5. The molecule has 0 atom stereocenters. The highest BCUT2D eigenvalue weighted by Crippen LogP contribution is 2.17. The number of rotatable bonds is 4. The lowest BCUT2D eigenvalue weighted by Crippen LogP contribution is -2.32. The Morgan fingerprint density at radius 2 is 2.14 bits per heavy atom. The van der Waals surface area contributed by atoms with E-state index in [0.29, 0.717) is 5.11 Å². The Morgan fingerprint density at radius 1 is 1.36 bits per heavy atom. The molecule has 0 unspecified atom stereocenters. The molecule has 0 amide bonds. The van der Waals surface area contributed by atoms with Gasteiger partial charge in [0, 0.05) is 24.5 Å². The molecule has 0 spiro atoms. The zero-order valence-electron chi connectivity index (χ0n) is 12.8. The summed E-state index contributed by atoms with van der Waals surface area (Å²) in [7, 11) is 0. The summed E-state index contributed by atoms with van der Waals surface area (Å²) in [6, 6.07) is 8.14. The highest BCUT2D eigenvalue weighted by atomic mass is 32.2. The van der Waals surface area contributed by atoms with Crippen LogP contribution in [-0.2, 0) is 0 Å². The molecular weight excluding hydrogens is 314 g/mol. The minimum absolute atomic E-state index is 0.535. The number of hydrogen-bond acceptors (Lipinski definition) is 5. The third-order valence-electron chi connectivity index (χ3n) is 3.01. The molecule has 0 fully saturated rings. The Bertz CT molecular complexity index is 566. The van der Waals surface area contributed by atoms with Crippen molar-refractivity contribution in [2.24, 2.45) is 10.1 Å². The second-order valence-corrected chi connectivity index (χ2v) is 6.25. The van der Waals surface area contributed by atoms with Crippen LogP contribution in [0.2, 0.25) is 0 Å². The molecule has 1 aromatic rings. The van der Waals surface area contributed by atoms with Crippen LogP contribution in [0, 0.1) is 0 Å². The molecule has 1 heterocycles. The van der Waals surface area contributed by atoms with Crippen molar-refractivity contribution in [2.75, 3.05) is 24.2 Å². The summed E-state index contributed by atoms with van der Waals surface area (Å²) in [5, 5.41) is 12.1. The van der Waals surface area contributed by atoms with Crippen LogP contribution in [0.4, 0.5) is 5.69 Å². The number of hydrazone groups is 1. The fourth-order valence-corrected chi connectivity index (χ4v) is 2.88. The van der Waals surface area contributed by atoms with Gasteiger partial charge in [-0.2, -0.15) is 5.10 Å². The van der Waals surface area contributed by atoms with Gasteiger partial charge in [-0.15, -0.1) is 0 Å². The summed E-state index contributed by atoms with van der Waals surface area (Å²) in [5.74, 6) is 1.13. The molecule has 0 saturated carbocycles. The second-order valence-electron chi connectivity index (χ2n) is 4.76. The maximum absolute atomic E-state index is 5.08. The van der Waals surface area contributed by atoms with E-state index in [1.54, 1.807) is 11.8 Å². The molecular formula is C15H21N5S2. The summed E-state index contributed by atoms with van der Waals surface area (Å²) in [4.78, 5) is 4.46. The number of nitrogens with one attached hydrogen (secondary N) is 3. The third kappa shape index (κ3) is 5.31. The molecule has 2 rings (SSSR count). The lowest BCUT2D eigenvalue weighted by Gasteiger charge is -2.13. The number of hydrogen-bond donors (Lipinski definition) is 3. The average Bonchev–Trinajstić information content (AvgIpc) is 2.54. The Morgan fingerprint density at radius 3 is 2.77 bits per heavy atom. The summed E-state index contributed by atoms with van der Waals surface area (Å²) >= 11 is 6.85. The highest BCUT2D eigenvalue weighted by molar-refractivity contribution is 8.14. The van der Waals surface area contributed by atoms with E-state index in [9.17, 15) is 0 Å². The van der Waals surface area contributed by atoms with Crippen LogP contribution in [0.5, 0.6) is 0 Å². The van der Waals surface area contributed by atoms with Crippen molar-refractivity contribution in [1.82, 2.24) is 10.7 Å². The summed E-state index contributed by atoms with van der Waals surface area (Å²) in [6.45, 7) is 5.63. The Kier molecular flexibility index (Phi) is 6.67. The monoisotopic (exact) mass is 335 g/mol. The summed E-state index contributed by atoms with van der Waals surface area (Å²) in [6.07, 6.45) is 1.16. The molecule has 0 radical (unpaired) electrons. The lowest BCUT2D eigenvalue weighted by atomic mass is 10.1. The van der Waals surface area contributed by atoms with Crippen molar-refractivity contribution in [3.05, 3.63) is 29.8 Å². The molecule has 0 aliphatic carbocycles. The average molecular weight is 336 g/mol. The van der Waals surface area contributed by atoms with Gasteiger partial charge in [0.15, 0.2) is 10.3 Å². The van der Waals surface area contributed by atoms with Crippen molar-refractivity contribution in [3.63, 3.8) is 0 Å². The van der Waals surface area contributed by atoms with Crippen LogP contribution < -0.4 is 16.1 Å². The second kappa shape index (κ2) is 8.75. The van der Waals surface area contributed by atoms with Crippen LogP contribution in [0.1, 0.15) is 25.8 Å². The summed E-state index contributed by atoms with van der Waals surface area (Å²) in [5.41, 5.74) is 5.81. The van der Waals surface area contributed by atoms with Gasteiger partial charge < -0.3 is 10.6 Å². The van der Waals surface area contributed by atoms with Gasteiger partial charge in [-0.05, 0) is 50.2 Å². The van der Waals surface area contributed by atoms with E-state index in [2.05, 4.69) is 26.2 Å². The standard InChI is InChI=1S/C15H21N5S2/c1-3-16-14(21)20-19-11(2)12-5-7-13(8-6-12)18-15-17-9-4-10-22-15/h5-8H,3-4,9-10H2,1-2H3,(H,17,18)(H2,16,20,21)/b19-11-. The maximum Gasteiger partial charge on any atom is 0.186 e. The molecule has 7 heteroatoms. The van der Waals surface area contributed by atoms with Gasteiger partial charge in [-0.1, -0.05) is 23.9 Å². The van der Waals surface area contributed by atoms with Gasteiger partial charge in [0.2, 0.25) is 0 Å². The summed E-state index contributed by atoms with van der Waals surface area (Å²) < 4.78 is 0. The molecule has 0 bridgehead atoms. The van der Waals surface area contributed by atoms with E-state index in [0.717, 1.165) is 47.4 Å². The number of amidine groups is 1. The zero-order chi connectivity index (χ0) is 15.8. The van der Waals surface area contributed by atoms with E-state index >= 15 is 0 Å². The minimum Gasteiger partial charge on any atom is -0.362 e. The number of thiocarbonyl (C=S) groups is 1. The van der Waals surface area contributed by atoms with Gasteiger partial charge in [0.05, 0.1) is 5.71 Å². The number of anilines is 1. The third-order valence-corrected chi connectivity index (χ3v) is 4.25. The molecule has 3 N–H and O–H groups in total. The topological polar surface area (TPSA) is 60.8 Å². The quantitative estimate of drug-likeness (QED) is 0.449. The van der Waals surface area contributed by atoms with E-state index in [-0.39, 0.29) is 0 Å². The number of benzene rings is 1. The van der Waals surface area contributed by atoms with E-state index < -0.39 is 0 Å². The van der Waals surface area contributed by atoms with Crippen LogP contribution in [0.15, 0.2) is 34.4 Å². The number of aliphatic imine (C=N–C) groups is 1. The van der Waals surface area contributed by atoms with Crippen molar-refractivity contribution in [1.29, 1.82) is 0 Å². The van der Waals surface area contributed by atoms with Gasteiger partial charge in [-0.3, -0.25) is 10.4 Å². The fraction of sp³-hybridized carbons (Fsp3) is 0.400. The van der Waals surface area contributed by atoms with Crippen molar-refractivity contribution >= 4 is 45.7 Å². The normalized spacial score (nSPS) is 15.0. The van der Waals surface area contributed by atoms with Crippen LogP contribution in [0.25, 0.3) is 0 Å². The molecule has 22 heavy (non-hydrogen) atoms. The van der Waals surface area contributed by atoms with Crippen molar-refractivity contribution in [3.8, 4) is 0 Å². The van der Waals surface area contributed by atoms with Crippen molar-refractivity contribution < 1.29 is 0 Å². The Labute approximate surface area is 141 Å². The Hall–Kier alpha value is -1.60. The van der Waals surface area contributed by atoms with E-state index in [1.165, 1.54) is 0 Å². The molecule has 1 aliphatic heterocycles. The number of nitrogens with zero attached hydrogens (tertiary/aromatic N) is 2. The largest absolute Gasteiger partial charge is 0.362 e. The first kappa shape index (κ1) is 16.8. The van der Waals surface area contributed by atoms with Gasteiger partial charge in [0.1, 0.15) is 0 Å². The lowest BCUT2D eigenvalue weighted by molar-refractivity contribution is 0.901. The highest BCUT2D eigenvalue weighted by Gasteiger charge is 2.06. The predicted octanol–water partition coefficient (Wildman–Crippen LogP) is 2.80. The molecule has 118 valence electrons. The first-order valence-electron chi connectivity index (χ1n) is 7.32. The van der Waals surface area contributed by atoms with Gasteiger partial charge in [0.25, 0.3) is 0 Å². The van der Waals surface area contributed by atoms with Gasteiger partial charge >= 0.3 is 0 Å². The molecule has 1 aliphatic rings. The molecule has 0 aromatic heterocycles. The fourth-order valence-electron chi connectivity index (χ4n) is 1.85. The van der Waals surface area contributed by atoms with Crippen LogP contribution in [0.3, 0.4) is 0 Å². The van der Waals surface area contributed by atoms with Crippen LogP contribution >= 0.6 is 24.0 Å². The van der Waals surface area contributed by atoms with E-state index in [1.807, 2.05) is 38.1 Å². The molecule has 1 aromatic carbocycles. The molecule has 0 saturated heterocycles. The minimum atomic E-state index is 0.535. The first-order valence-corrected chi connectivity index (χ1v) is 8.71. The van der Waals surface area contributed by atoms with Gasteiger partial charge in [-0.25, -0.2) is 0 Å². The molecule has 5 nitrogen and oxygen atoms in total. The predicted molar refractivity (Wildman–Crippen MR) is 101 cm³/mol. The Balaban J connectivity index is 1.94. The smallest absolute Gasteiger partial charge is 0.186 e. The SMILES string of the molecule is CCNC(=S)N/N=C(/C)c1ccc(NC2=NCCCS2)cc1. The van der Waals surface area contributed by atoms with Crippen LogP contribution in [-0.4, -0.2) is 34.8 Å².